The quantitative estimate of drug-likeness (QED) is 0.771. The number of likely N-dealkylation sites (tertiary alicyclic amines) is 1. The molecule has 1 aliphatic carbocycles. The molecular weight excluding hydrogens is 310 g/mol. The molecule has 2 fully saturated rings. The Hall–Kier alpha value is -2.08. The summed E-state index contributed by atoms with van der Waals surface area (Å²) in [6.45, 7) is 1.73. The van der Waals surface area contributed by atoms with Crippen molar-refractivity contribution >= 4 is 11.9 Å². The van der Waals surface area contributed by atoms with Crippen LogP contribution >= 0.6 is 0 Å². The number of methoxy groups -OCH3 is 1. The van der Waals surface area contributed by atoms with Crippen LogP contribution in [0.25, 0.3) is 0 Å². The number of carboxylic acids is 1. The third kappa shape index (κ3) is 3.70. The molecule has 1 saturated carbocycles. The molecule has 1 amide bonds. The molecular formula is C18H23NO5. The molecule has 0 radical (unpaired) electrons. The number of amides is 1. The fourth-order valence-corrected chi connectivity index (χ4v) is 3.40. The Labute approximate surface area is 141 Å². The highest BCUT2D eigenvalue weighted by molar-refractivity contribution is 5.95. The minimum absolute atomic E-state index is 0.0904. The Bertz CT molecular complexity index is 613. The molecule has 0 unspecified atom stereocenters. The van der Waals surface area contributed by atoms with Crippen LogP contribution in [0, 0.1) is 17.8 Å². The molecule has 2 aliphatic rings. The predicted molar refractivity (Wildman–Crippen MR) is 87.1 cm³/mol. The summed E-state index contributed by atoms with van der Waals surface area (Å²) in [5.74, 6) is -0.186. The number of benzene rings is 1. The maximum Gasteiger partial charge on any atom is 0.308 e. The maximum atomic E-state index is 12.7. The van der Waals surface area contributed by atoms with Gasteiger partial charge in [0.25, 0.3) is 5.91 Å². The number of ether oxygens (including phenoxy) is 2. The van der Waals surface area contributed by atoms with Gasteiger partial charge in [-0.15, -0.1) is 0 Å². The van der Waals surface area contributed by atoms with Gasteiger partial charge < -0.3 is 19.5 Å². The molecule has 1 N–H and O–H groups in total. The van der Waals surface area contributed by atoms with E-state index in [-0.39, 0.29) is 11.8 Å². The van der Waals surface area contributed by atoms with Gasteiger partial charge in [0.05, 0.1) is 12.5 Å². The van der Waals surface area contributed by atoms with Crippen LogP contribution in [-0.4, -0.2) is 55.3 Å². The van der Waals surface area contributed by atoms with E-state index in [0.29, 0.717) is 43.5 Å². The molecule has 24 heavy (non-hydrogen) atoms. The summed E-state index contributed by atoms with van der Waals surface area (Å²) in [5, 5.41) is 9.43. The molecule has 1 aromatic carbocycles. The average molecular weight is 333 g/mol. The van der Waals surface area contributed by atoms with Crippen LogP contribution in [-0.2, 0) is 9.53 Å². The maximum absolute atomic E-state index is 12.7. The van der Waals surface area contributed by atoms with E-state index in [1.54, 1.807) is 36.3 Å². The standard InChI is InChI=1S/C18H23NO5/c1-23-7-8-24-14-4-2-3-13(9-14)17(20)19-10-15(12-5-6-12)16(11-19)18(21)22/h2-4,9,12,15-16H,5-8,10-11H2,1H3,(H,21,22)/t15-,16+/m1/s1. The van der Waals surface area contributed by atoms with E-state index in [4.69, 9.17) is 9.47 Å². The van der Waals surface area contributed by atoms with Crippen molar-refractivity contribution < 1.29 is 24.2 Å². The number of carbonyl (C=O) groups is 2. The van der Waals surface area contributed by atoms with E-state index in [0.717, 1.165) is 12.8 Å². The lowest BCUT2D eigenvalue weighted by Gasteiger charge is -2.17. The molecule has 130 valence electrons. The minimum Gasteiger partial charge on any atom is -0.491 e. The monoisotopic (exact) mass is 333 g/mol. The van der Waals surface area contributed by atoms with Crippen molar-refractivity contribution in [3.05, 3.63) is 29.8 Å². The van der Waals surface area contributed by atoms with Crippen LogP contribution in [0.3, 0.4) is 0 Å². The summed E-state index contributed by atoms with van der Waals surface area (Å²) in [5.41, 5.74) is 0.533. The number of aliphatic carboxylic acids is 1. The van der Waals surface area contributed by atoms with E-state index in [9.17, 15) is 14.7 Å². The van der Waals surface area contributed by atoms with Crippen molar-refractivity contribution in [2.45, 2.75) is 12.8 Å². The van der Waals surface area contributed by atoms with Gasteiger partial charge in [0.15, 0.2) is 0 Å². The number of rotatable bonds is 7. The average Bonchev–Trinajstić information content (AvgIpc) is 3.33. The lowest BCUT2D eigenvalue weighted by Crippen LogP contribution is -2.29. The zero-order valence-corrected chi connectivity index (χ0v) is 13.8. The predicted octanol–water partition coefficient (Wildman–Crippen LogP) is 1.89. The Morgan fingerprint density at radius 1 is 1.25 bits per heavy atom. The largest absolute Gasteiger partial charge is 0.491 e. The second-order valence-corrected chi connectivity index (χ2v) is 6.53. The summed E-state index contributed by atoms with van der Waals surface area (Å²) >= 11 is 0. The molecule has 6 heteroatoms. The Morgan fingerprint density at radius 2 is 2.04 bits per heavy atom. The summed E-state index contributed by atoms with van der Waals surface area (Å²) in [6, 6.07) is 7.02. The minimum atomic E-state index is -0.793. The summed E-state index contributed by atoms with van der Waals surface area (Å²) in [6.07, 6.45) is 2.17. The van der Waals surface area contributed by atoms with Crippen molar-refractivity contribution in [2.24, 2.45) is 17.8 Å². The fraction of sp³-hybridized carbons (Fsp3) is 0.556. The lowest BCUT2D eigenvalue weighted by atomic mass is 9.92. The van der Waals surface area contributed by atoms with E-state index in [1.165, 1.54) is 0 Å². The zero-order valence-electron chi connectivity index (χ0n) is 13.8. The number of hydrogen-bond donors (Lipinski definition) is 1. The fourth-order valence-electron chi connectivity index (χ4n) is 3.40. The summed E-state index contributed by atoms with van der Waals surface area (Å²) in [4.78, 5) is 25.9. The van der Waals surface area contributed by atoms with Gasteiger partial charge in [-0.2, -0.15) is 0 Å². The van der Waals surface area contributed by atoms with Gasteiger partial charge in [0.2, 0.25) is 0 Å². The topological polar surface area (TPSA) is 76.1 Å². The second-order valence-electron chi connectivity index (χ2n) is 6.53. The van der Waals surface area contributed by atoms with Crippen LogP contribution in [0.1, 0.15) is 23.2 Å². The molecule has 1 heterocycles. The van der Waals surface area contributed by atoms with Crippen molar-refractivity contribution in [2.75, 3.05) is 33.4 Å². The molecule has 0 spiro atoms. The summed E-state index contributed by atoms with van der Waals surface area (Å²) < 4.78 is 10.5. The highest BCUT2D eigenvalue weighted by Gasteiger charge is 2.46. The first-order valence-electron chi connectivity index (χ1n) is 8.34. The first-order valence-corrected chi connectivity index (χ1v) is 8.34. The SMILES string of the molecule is COCCOc1cccc(C(=O)N2C[C@H](C(=O)O)[C@@H](C3CC3)C2)c1. The second kappa shape index (κ2) is 7.21. The highest BCUT2D eigenvalue weighted by atomic mass is 16.5. The van der Waals surface area contributed by atoms with Crippen molar-refractivity contribution in [3.8, 4) is 5.75 Å². The van der Waals surface area contributed by atoms with E-state index >= 15 is 0 Å². The van der Waals surface area contributed by atoms with Gasteiger partial charge in [-0.05, 0) is 42.9 Å². The summed E-state index contributed by atoms with van der Waals surface area (Å²) in [7, 11) is 1.60. The van der Waals surface area contributed by atoms with Gasteiger partial charge in [-0.3, -0.25) is 9.59 Å². The number of carbonyl (C=O) groups excluding carboxylic acids is 1. The number of carboxylic acid groups (broad SMARTS) is 1. The van der Waals surface area contributed by atoms with Gasteiger partial charge in [-0.25, -0.2) is 0 Å². The molecule has 3 rings (SSSR count). The molecule has 1 saturated heterocycles. The number of nitrogens with zero attached hydrogens (tertiary/aromatic N) is 1. The van der Waals surface area contributed by atoms with E-state index < -0.39 is 11.9 Å². The third-order valence-corrected chi connectivity index (χ3v) is 4.83. The van der Waals surface area contributed by atoms with Gasteiger partial charge >= 0.3 is 5.97 Å². The normalized spacial score (nSPS) is 23.3. The molecule has 1 aliphatic heterocycles. The van der Waals surface area contributed by atoms with E-state index in [2.05, 4.69) is 0 Å². The molecule has 6 nitrogen and oxygen atoms in total. The molecule has 1 aromatic rings. The van der Waals surface area contributed by atoms with Crippen molar-refractivity contribution in [1.29, 1.82) is 0 Å². The zero-order chi connectivity index (χ0) is 17.1. The number of hydrogen-bond acceptors (Lipinski definition) is 4. The van der Waals surface area contributed by atoms with Crippen molar-refractivity contribution in [3.63, 3.8) is 0 Å². The first kappa shape index (κ1) is 16.8. The van der Waals surface area contributed by atoms with Crippen LogP contribution in [0.2, 0.25) is 0 Å². The highest BCUT2D eigenvalue weighted by Crippen LogP contribution is 2.44. The van der Waals surface area contributed by atoms with Crippen LogP contribution in [0.4, 0.5) is 0 Å². The molecule has 2 atom stereocenters. The van der Waals surface area contributed by atoms with Crippen LogP contribution in [0.5, 0.6) is 5.75 Å². The lowest BCUT2D eigenvalue weighted by molar-refractivity contribution is -0.142. The van der Waals surface area contributed by atoms with Gasteiger partial charge in [-0.1, -0.05) is 6.07 Å². The van der Waals surface area contributed by atoms with Crippen LogP contribution in [0.15, 0.2) is 24.3 Å². The Kier molecular flexibility index (Phi) is 5.04. The van der Waals surface area contributed by atoms with Crippen LogP contribution < -0.4 is 4.74 Å². The Balaban J connectivity index is 1.67. The van der Waals surface area contributed by atoms with Gasteiger partial charge in [0, 0.05) is 25.8 Å². The Morgan fingerprint density at radius 3 is 2.71 bits per heavy atom. The molecule has 0 bridgehead atoms. The van der Waals surface area contributed by atoms with Crippen molar-refractivity contribution in [1.82, 2.24) is 4.90 Å². The van der Waals surface area contributed by atoms with Gasteiger partial charge in [0.1, 0.15) is 12.4 Å². The van der Waals surface area contributed by atoms with E-state index in [1.807, 2.05) is 0 Å². The smallest absolute Gasteiger partial charge is 0.308 e. The first-order chi connectivity index (χ1) is 11.6. The molecule has 0 aromatic heterocycles. The third-order valence-electron chi connectivity index (χ3n) is 4.83.